The summed E-state index contributed by atoms with van der Waals surface area (Å²) in [6, 6.07) is 13.8. The second kappa shape index (κ2) is 7.57. The first-order chi connectivity index (χ1) is 12.0. The van der Waals surface area contributed by atoms with Crippen LogP contribution in [0.5, 0.6) is 11.5 Å². The number of nitrogens with zero attached hydrogens (tertiary/aromatic N) is 1. The number of carbonyl (C=O) groups excluding carboxylic acids is 1. The Balaban J connectivity index is 1.73. The van der Waals surface area contributed by atoms with Gasteiger partial charge in [0.15, 0.2) is 0 Å². The molecule has 1 aliphatic rings. The first-order valence-corrected chi connectivity index (χ1v) is 8.46. The standard InChI is InChI=1S/C19H18ClNO4/c20-15-6-8-16(9-7-15)25-17-5-1-3-13(11-17)18(22)21-10-2-4-14(12-21)19(23)24/h1,3,5-9,11,14H,2,4,10,12H2,(H,23,24)/t14-/m0/s1. The van der Waals surface area contributed by atoms with E-state index in [-0.39, 0.29) is 12.5 Å². The van der Waals surface area contributed by atoms with Gasteiger partial charge in [0.05, 0.1) is 5.92 Å². The molecule has 0 aliphatic carbocycles. The van der Waals surface area contributed by atoms with E-state index in [9.17, 15) is 9.59 Å². The number of rotatable bonds is 4. The smallest absolute Gasteiger partial charge is 0.308 e. The SMILES string of the molecule is O=C(O)[C@H]1CCCN(C(=O)c2cccc(Oc3ccc(Cl)cc3)c2)C1. The maximum atomic E-state index is 12.7. The number of benzene rings is 2. The van der Waals surface area contributed by atoms with Crippen molar-refractivity contribution in [3.8, 4) is 11.5 Å². The summed E-state index contributed by atoms with van der Waals surface area (Å²) in [5.74, 6) is -0.353. The fourth-order valence-electron chi connectivity index (χ4n) is 2.88. The van der Waals surface area contributed by atoms with E-state index in [1.807, 2.05) is 0 Å². The van der Waals surface area contributed by atoms with Crippen LogP contribution in [0.4, 0.5) is 0 Å². The summed E-state index contributed by atoms with van der Waals surface area (Å²) >= 11 is 5.85. The first-order valence-electron chi connectivity index (χ1n) is 8.08. The van der Waals surface area contributed by atoms with Crippen molar-refractivity contribution in [3.63, 3.8) is 0 Å². The van der Waals surface area contributed by atoms with Crippen molar-refractivity contribution in [2.24, 2.45) is 5.92 Å². The van der Waals surface area contributed by atoms with Gasteiger partial charge in [0.2, 0.25) is 0 Å². The van der Waals surface area contributed by atoms with Gasteiger partial charge in [-0.3, -0.25) is 9.59 Å². The van der Waals surface area contributed by atoms with E-state index in [2.05, 4.69) is 0 Å². The zero-order valence-electron chi connectivity index (χ0n) is 13.5. The lowest BCUT2D eigenvalue weighted by molar-refractivity contribution is -0.143. The molecule has 1 atom stereocenters. The number of hydrogen-bond donors (Lipinski definition) is 1. The van der Waals surface area contributed by atoms with Gasteiger partial charge in [0.1, 0.15) is 11.5 Å². The summed E-state index contributed by atoms with van der Waals surface area (Å²) in [6.45, 7) is 0.821. The Hall–Kier alpha value is -2.53. The molecule has 1 N–H and O–H groups in total. The summed E-state index contributed by atoms with van der Waals surface area (Å²) in [6.07, 6.45) is 1.31. The van der Waals surface area contributed by atoms with Crippen LogP contribution in [0, 0.1) is 5.92 Å². The largest absolute Gasteiger partial charge is 0.481 e. The molecule has 2 aromatic carbocycles. The number of ether oxygens (including phenoxy) is 1. The van der Waals surface area contributed by atoms with E-state index < -0.39 is 11.9 Å². The van der Waals surface area contributed by atoms with Gasteiger partial charge in [-0.05, 0) is 55.3 Å². The van der Waals surface area contributed by atoms with Crippen molar-refractivity contribution in [2.45, 2.75) is 12.8 Å². The predicted octanol–water partition coefficient (Wildman–Crippen LogP) is 4.07. The van der Waals surface area contributed by atoms with Gasteiger partial charge in [0, 0.05) is 23.7 Å². The van der Waals surface area contributed by atoms with Crippen LogP contribution in [-0.4, -0.2) is 35.0 Å². The predicted molar refractivity (Wildman–Crippen MR) is 94.2 cm³/mol. The highest BCUT2D eigenvalue weighted by atomic mass is 35.5. The topological polar surface area (TPSA) is 66.8 Å². The number of halogens is 1. The number of likely N-dealkylation sites (tertiary alicyclic amines) is 1. The second-order valence-electron chi connectivity index (χ2n) is 6.01. The first kappa shape index (κ1) is 17.3. The van der Waals surface area contributed by atoms with Gasteiger partial charge in [-0.15, -0.1) is 0 Å². The molecule has 1 fully saturated rings. The lowest BCUT2D eigenvalue weighted by Crippen LogP contribution is -2.42. The fourth-order valence-corrected chi connectivity index (χ4v) is 3.00. The monoisotopic (exact) mass is 359 g/mol. The molecule has 1 aliphatic heterocycles. The molecule has 25 heavy (non-hydrogen) atoms. The minimum atomic E-state index is -0.850. The third-order valence-electron chi connectivity index (χ3n) is 4.19. The minimum absolute atomic E-state index is 0.174. The fraction of sp³-hybridized carbons (Fsp3) is 0.263. The van der Waals surface area contributed by atoms with Crippen LogP contribution in [-0.2, 0) is 4.79 Å². The molecule has 0 aromatic heterocycles. The Morgan fingerprint density at radius 1 is 1.12 bits per heavy atom. The van der Waals surface area contributed by atoms with Crippen LogP contribution in [0.25, 0.3) is 0 Å². The van der Waals surface area contributed by atoms with Gasteiger partial charge < -0.3 is 14.7 Å². The Labute approximate surface area is 150 Å². The van der Waals surface area contributed by atoms with Gasteiger partial charge in [0.25, 0.3) is 5.91 Å². The Kier molecular flexibility index (Phi) is 5.24. The van der Waals surface area contributed by atoms with Crippen molar-refractivity contribution in [1.29, 1.82) is 0 Å². The molecule has 0 unspecified atom stereocenters. The molecule has 0 spiro atoms. The molecular formula is C19H18ClNO4. The second-order valence-corrected chi connectivity index (χ2v) is 6.45. The van der Waals surface area contributed by atoms with Crippen molar-refractivity contribution in [1.82, 2.24) is 4.90 Å². The lowest BCUT2D eigenvalue weighted by atomic mass is 9.97. The zero-order chi connectivity index (χ0) is 17.8. The van der Waals surface area contributed by atoms with E-state index in [1.54, 1.807) is 53.4 Å². The highest BCUT2D eigenvalue weighted by Crippen LogP contribution is 2.25. The number of carboxylic acids is 1. The molecule has 0 radical (unpaired) electrons. The highest BCUT2D eigenvalue weighted by molar-refractivity contribution is 6.30. The average molecular weight is 360 g/mol. The zero-order valence-corrected chi connectivity index (χ0v) is 14.3. The van der Waals surface area contributed by atoms with E-state index in [1.165, 1.54) is 0 Å². The van der Waals surface area contributed by atoms with Crippen molar-refractivity contribution in [3.05, 3.63) is 59.1 Å². The van der Waals surface area contributed by atoms with Gasteiger partial charge in [-0.2, -0.15) is 0 Å². The molecule has 1 saturated heterocycles. The van der Waals surface area contributed by atoms with E-state index in [4.69, 9.17) is 21.4 Å². The molecule has 0 bridgehead atoms. The summed E-state index contributed by atoms with van der Waals surface area (Å²) in [5, 5.41) is 9.79. The molecular weight excluding hydrogens is 342 g/mol. The third-order valence-corrected chi connectivity index (χ3v) is 4.44. The number of carbonyl (C=O) groups is 2. The molecule has 1 amide bonds. The minimum Gasteiger partial charge on any atom is -0.481 e. The van der Waals surface area contributed by atoms with Crippen LogP contribution in [0.3, 0.4) is 0 Å². The maximum Gasteiger partial charge on any atom is 0.308 e. The number of hydrogen-bond acceptors (Lipinski definition) is 3. The van der Waals surface area contributed by atoms with Crippen LogP contribution >= 0.6 is 11.6 Å². The van der Waals surface area contributed by atoms with Crippen molar-refractivity contribution >= 4 is 23.5 Å². The average Bonchev–Trinajstić information content (AvgIpc) is 2.63. The van der Waals surface area contributed by atoms with Gasteiger partial charge in [-0.25, -0.2) is 0 Å². The molecule has 5 nitrogen and oxygen atoms in total. The Bertz CT molecular complexity index is 775. The summed E-state index contributed by atoms with van der Waals surface area (Å²) < 4.78 is 5.75. The van der Waals surface area contributed by atoms with E-state index in [0.717, 1.165) is 0 Å². The van der Waals surface area contributed by atoms with Crippen LogP contribution in [0.2, 0.25) is 5.02 Å². The van der Waals surface area contributed by atoms with Crippen molar-refractivity contribution in [2.75, 3.05) is 13.1 Å². The lowest BCUT2D eigenvalue weighted by Gasteiger charge is -2.30. The molecule has 1 heterocycles. The molecule has 3 rings (SSSR count). The van der Waals surface area contributed by atoms with E-state index >= 15 is 0 Å². The van der Waals surface area contributed by atoms with E-state index in [0.29, 0.717) is 41.5 Å². The van der Waals surface area contributed by atoms with Crippen LogP contribution in [0.15, 0.2) is 48.5 Å². The third kappa shape index (κ3) is 4.31. The number of piperidine rings is 1. The Morgan fingerprint density at radius 2 is 1.88 bits per heavy atom. The maximum absolute atomic E-state index is 12.7. The normalized spacial score (nSPS) is 17.2. The molecule has 0 saturated carbocycles. The number of carboxylic acid groups (broad SMARTS) is 1. The Morgan fingerprint density at radius 3 is 2.60 bits per heavy atom. The summed E-state index contributed by atoms with van der Waals surface area (Å²) in [4.78, 5) is 25.5. The van der Waals surface area contributed by atoms with Crippen molar-refractivity contribution < 1.29 is 19.4 Å². The number of aliphatic carboxylic acids is 1. The van der Waals surface area contributed by atoms with Gasteiger partial charge in [-0.1, -0.05) is 17.7 Å². The molecule has 130 valence electrons. The number of amides is 1. The van der Waals surface area contributed by atoms with Crippen LogP contribution in [0.1, 0.15) is 23.2 Å². The van der Waals surface area contributed by atoms with Gasteiger partial charge >= 0.3 is 5.97 Å². The van der Waals surface area contributed by atoms with Crippen LogP contribution < -0.4 is 4.74 Å². The molecule has 2 aromatic rings. The summed E-state index contributed by atoms with van der Waals surface area (Å²) in [5.41, 5.74) is 0.484. The molecule has 6 heteroatoms. The summed E-state index contributed by atoms with van der Waals surface area (Å²) in [7, 11) is 0. The highest BCUT2D eigenvalue weighted by Gasteiger charge is 2.28. The quantitative estimate of drug-likeness (QED) is 0.893.